The van der Waals surface area contributed by atoms with Gasteiger partial charge >= 0.3 is 6.09 Å². The smallest absolute Gasteiger partial charge is 0.410 e. The number of carbonyl (C=O) groups is 1. The first-order valence-corrected chi connectivity index (χ1v) is 9.15. The third-order valence-electron chi connectivity index (χ3n) is 5.02. The molecule has 0 saturated carbocycles. The largest absolute Gasteiger partial charge is 0.445 e. The maximum absolute atomic E-state index is 12.2. The fraction of sp³-hybridized carbons (Fsp3) is 0.632. The molecule has 1 amide bonds. The van der Waals surface area contributed by atoms with E-state index in [1.165, 1.54) is 0 Å². The Morgan fingerprint density at radius 1 is 1.16 bits per heavy atom. The van der Waals surface area contributed by atoms with Crippen molar-refractivity contribution in [3.05, 3.63) is 35.9 Å². The van der Waals surface area contributed by atoms with Gasteiger partial charge in [-0.1, -0.05) is 30.3 Å². The highest BCUT2D eigenvalue weighted by Gasteiger charge is 2.26. The zero-order valence-electron chi connectivity index (χ0n) is 14.7. The Morgan fingerprint density at radius 3 is 2.56 bits per heavy atom. The molecule has 1 aromatic carbocycles. The molecule has 0 radical (unpaired) electrons. The molecule has 0 bridgehead atoms. The Morgan fingerprint density at radius 2 is 1.92 bits per heavy atom. The van der Waals surface area contributed by atoms with Crippen LogP contribution in [0.3, 0.4) is 0 Å². The average Bonchev–Trinajstić information content (AvgIpc) is 2.68. The van der Waals surface area contributed by atoms with Crippen molar-refractivity contribution >= 4 is 6.09 Å². The van der Waals surface area contributed by atoms with Crippen LogP contribution < -0.4 is 0 Å². The number of piperazine rings is 1. The summed E-state index contributed by atoms with van der Waals surface area (Å²) in [6.07, 6.45) is 2.06. The van der Waals surface area contributed by atoms with Crippen molar-refractivity contribution in [2.45, 2.75) is 25.6 Å². The van der Waals surface area contributed by atoms with Crippen LogP contribution in [0.25, 0.3) is 0 Å². The number of aliphatic hydroxyl groups excluding tert-OH is 1. The number of hydrogen-bond acceptors (Lipinski definition) is 5. The zero-order valence-corrected chi connectivity index (χ0v) is 14.7. The van der Waals surface area contributed by atoms with Crippen LogP contribution in [0.5, 0.6) is 0 Å². The van der Waals surface area contributed by atoms with E-state index in [0.717, 1.165) is 38.0 Å². The molecule has 6 heteroatoms. The Labute approximate surface area is 149 Å². The molecule has 0 spiro atoms. The SMILES string of the molecule is O=C(OCc1ccccc1)N1CCN(C[C@H]2CC[C@@H](CO)CO2)CC1. The standard InChI is InChI=1S/C19H28N2O4/c22-13-17-6-7-18(24-15-17)12-20-8-10-21(11-9-20)19(23)25-14-16-4-2-1-3-5-16/h1-5,17-18,22H,6-15H2/t17-,18+/m0/s1. The van der Waals surface area contributed by atoms with Crippen LogP contribution in [0.4, 0.5) is 4.79 Å². The Bertz CT molecular complexity index is 523. The molecule has 0 aromatic heterocycles. The summed E-state index contributed by atoms with van der Waals surface area (Å²) in [7, 11) is 0. The monoisotopic (exact) mass is 348 g/mol. The van der Waals surface area contributed by atoms with Crippen LogP contribution in [-0.2, 0) is 16.1 Å². The lowest BCUT2D eigenvalue weighted by Gasteiger charge is -2.37. The molecule has 2 aliphatic rings. The third kappa shape index (κ3) is 5.42. The van der Waals surface area contributed by atoms with E-state index in [1.54, 1.807) is 4.90 Å². The highest BCUT2D eigenvalue weighted by molar-refractivity contribution is 5.67. The fourth-order valence-corrected chi connectivity index (χ4v) is 3.36. The molecule has 1 N–H and O–H groups in total. The first kappa shape index (κ1) is 18.2. The molecule has 2 aliphatic heterocycles. The molecule has 2 fully saturated rings. The van der Waals surface area contributed by atoms with E-state index in [4.69, 9.17) is 14.6 Å². The maximum atomic E-state index is 12.2. The minimum absolute atomic E-state index is 0.219. The second-order valence-electron chi connectivity index (χ2n) is 6.91. The van der Waals surface area contributed by atoms with Crippen molar-refractivity contribution in [3.8, 4) is 0 Å². The van der Waals surface area contributed by atoms with E-state index < -0.39 is 0 Å². The van der Waals surface area contributed by atoms with Gasteiger partial charge in [-0.15, -0.1) is 0 Å². The summed E-state index contributed by atoms with van der Waals surface area (Å²) in [6, 6.07) is 9.74. The average molecular weight is 348 g/mol. The number of hydrogen-bond donors (Lipinski definition) is 1. The van der Waals surface area contributed by atoms with Gasteiger partial charge in [-0.3, -0.25) is 4.90 Å². The number of rotatable bonds is 5. The van der Waals surface area contributed by atoms with E-state index in [-0.39, 0.29) is 18.8 Å². The van der Waals surface area contributed by atoms with Crippen molar-refractivity contribution in [1.29, 1.82) is 0 Å². The van der Waals surface area contributed by atoms with Gasteiger partial charge in [-0.2, -0.15) is 0 Å². The second-order valence-corrected chi connectivity index (χ2v) is 6.91. The molecule has 25 heavy (non-hydrogen) atoms. The first-order chi connectivity index (χ1) is 12.2. The van der Waals surface area contributed by atoms with Gasteiger partial charge in [0.1, 0.15) is 6.61 Å². The van der Waals surface area contributed by atoms with Crippen LogP contribution in [-0.4, -0.2) is 73.0 Å². The van der Waals surface area contributed by atoms with Crippen LogP contribution in [0, 0.1) is 5.92 Å². The van der Waals surface area contributed by atoms with E-state index in [0.29, 0.717) is 32.2 Å². The van der Waals surface area contributed by atoms with Crippen LogP contribution in [0.1, 0.15) is 18.4 Å². The lowest BCUT2D eigenvalue weighted by atomic mass is 9.99. The summed E-state index contributed by atoms with van der Waals surface area (Å²) in [5.74, 6) is 0.299. The summed E-state index contributed by atoms with van der Waals surface area (Å²) in [4.78, 5) is 16.3. The lowest BCUT2D eigenvalue weighted by Crippen LogP contribution is -2.51. The van der Waals surface area contributed by atoms with E-state index in [9.17, 15) is 4.79 Å². The number of ether oxygens (including phenoxy) is 2. The minimum Gasteiger partial charge on any atom is -0.445 e. The molecule has 6 nitrogen and oxygen atoms in total. The molecule has 0 aliphatic carbocycles. The number of carbonyl (C=O) groups excluding carboxylic acids is 1. The Kier molecular flexibility index (Phi) is 6.67. The maximum Gasteiger partial charge on any atom is 0.410 e. The van der Waals surface area contributed by atoms with Gasteiger partial charge in [-0.05, 0) is 18.4 Å². The topological polar surface area (TPSA) is 62.2 Å². The third-order valence-corrected chi connectivity index (χ3v) is 5.02. The van der Waals surface area contributed by atoms with Gasteiger partial charge in [0.15, 0.2) is 0 Å². The van der Waals surface area contributed by atoms with Gasteiger partial charge < -0.3 is 19.5 Å². The minimum atomic E-state index is -0.233. The second kappa shape index (κ2) is 9.17. The molecule has 3 rings (SSSR count). The molecule has 2 saturated heterocycles. The molecule has 1 aromatic rings. The highest BCUT2D eigenvalue weighted by Crippen LogP contribution is 2.19. The van der Waals surface area contributed by atoms with Crippen molar-refractivity contribution in [2.24, 2.45) is 5.92 Å². The molecule has 0 unspecified atom stereocenters. The zero-order chi connectivity index (χ0) is 17.5. The molecule has 2 atom stereocenters. The lowest BCUT2D eigenvalue weighted by molar-refractivity contribution is -0.0483. The van der Waals surface area contributed by atoms with Crippen molar-refractivity contribution in [1.82, 2.24) is 9.80 Å². The number of nitrogens with zero attached hydrogens (tertiary/aromatic N) is 2. The van der Waals surface area contributed by atoms with E-state index in [2.05, 4.69) is 4.90 Å². The summed E-state index contributed by atoms with van der Waals surface area (Å²) in [5, 5.41) is 9.16. The highest BCUT2D eigenvalue weighted by atomic mass is 16.6. The first-order valence-electron chi connectivity index (χ1n) is 9.15. The predicted molar refractivity (Wildman–Crippen MR) is 94.2 cm³/mol. The van der Waals surface area contributed by atoms with Crippen molar-refractivity contribution in [2.75, 3.05) is 45.9 Å². The van der Waals surface area contributed by atoms with Crippen molar-refractivity contribution in [3.63, 3.8) is 0 Å². The fourth-order valence-electron chi connectivity index (χ4n) is 3.36. The van der Waals surface area contributed by atoms with Crippen LogP contribution in [0.15, 0.2) is 30.3 Å². The predicted octanol–water partition coefficient (Wildman–Crippen LogP) is 1.73. The summed E-state index contributed by atoms with van der Waals surface area (Å²) >= 11 is 0. The summed E-state index contributed by atoms with van der Waals surface area (Å²) < 4.78 is 11.2. The number of aliphatic hydroxyl groups is 1. The van der Waals surface area contributed by atoms with Gasteiger partial charge in [0, 0.05) is 45.2 Å². The van der Waals surface area contributed by atoms with Gasteiger partial charge in [0.05, 0.1) is 12.7 Å². The number of amides is 1. The quantitative estimate of drug-likeness (QED) is 0.878. The van der Waals surface area contributed by atoms with Gasteiger partial charge in [0.2, 0.25) is 0 Å². The van der Waals surface area contributed by atoms with E-state index in [1.807, 2.05) is 30.3 Å². The van der Waals surface area contributed by atoms with Crippen molar-refractivity contribution < 1.29 is 19.4 Å². The summed E-state index contributed by atoms with van der Waals surface area (Å²) in [6.45, 7) is 5.20. The Hall–Kier alpha value is -1.63. The summed E-state index contributed by atoms with van der Waals surface area (Å²) in [5.41, 5.74) is 1.00. The normalized spacial score (nSPS) is 24.9. The van der Waals surface area contributed by atoms with E-state index >= 15 is 0 Å². The molecular formula is C19H28N2O4. The molecular weight excluding hydrogens is 320 g/mol. The number of benzene rings is 1. The molecule has 138 valence electrons. The molecule has 2 heterocycles. The Balaban J connectivity index is 1.35. The van der Waals surface area contributed by atoms with Crippen LogP contribution in [0.2, 0.25) is 0 Å². The van der Waals surface area contributed by atoms with Gasteiger partial charge in [-0.25, -0.2) is 4.79 Å². The van der Waals surface area contributed by atoms with Gasteiger partial charge in [0.25, 0.3) is 0 Å². The van der Waals surface area contributed by atoms with Crippen LogP contribution >= 0.6 is 0 Å².